The van der Waals surface area contributed by atoms with Gasteiger partial charge in [0, 0.05) is 16.8 Å². The van der Waals surface area contributed by atoms with Crippen LogP contribution in [0, 0.1) is 0 Å². The molecule has 6 heteroatoms. The fraction of sp³-hybridized carbons (Fsp3) is 0.130. The largest absolute Gasteiger partial charge is 0.478 e. The number of nitrogens with zero attached hydrogens (tertiary/aromatic N) is 2. The Morgan fingerprint density at radius 2 is 1.69 bits per heavy atom. The number of hydrogen-bond donors (Lipinski definition) is 1. The first-order chi connectivity index (χ1) is 13.9. The summed E-state index contributed by atoms with van der Waals surface area (Å²) >= 11 is 5.93. The molecule has 4 rings (SSSR count). The van der Waals surface area contributed by atoms with Crippen molar-refractivity contribution in [2.24, 2.45) is 0 Å². The van der Waals surface area contributed by atoms with E-state index in [1.165, 1.54) is 0 Å². The van der Waals surface area contributed by atoms with Crippen molar-refractivity contribution >= 4 is 29.0 Å². The van der Waals surface area contributed by atoms with Crippen LogP contribution >= 0.6 is 11.6 Å². The molecule has 0 bridgehead atoms. The Morgan fingerprint density at radius 1 is 1.00 bits per heavy atom. The third-order valence-electron chi connectivity index (χ3n) is 4.54. The number of hydrogen-bond acceptors (Lipinski definition) is 3. The van der Waals surface area contributed by atoms with Gasteiger partial charge in [-0.3, -0.25) is 9.20 Å². The lowest BCUT2D eigenvalue weighted by molar-refractivity contribution is -0.128. The normalized spacial score (nSPS) is 11.4. The van der Waals surface area contributed by atoms with Crippen molar-refractivity contribution in [1.29, 1.82) is 0 Å². The zero-order chi connectivity index (χ0) is 20.4. The molecule has 29 heavy (non-hydrogen) atoms. The monoisotopic (exact) mass is 405 g/mol. The number of pyridine rings is 1. The lowest BCUT2D eigenvalue weighted by atomic mass is 10.1. The molecule has 0 aliphatic heterocycles. The predicted octanol–water partition coefficient (Wildman–Crippen LogP) is 5.45. The van der Waals surface area contributed by atoms with E-state index >= 15 is 0 Å². The third kappa shape index (κ3) is 3.96. The lowest BCUT2D eigenvalue weighted by Gasteiger charge is -2.25. The Kier molecular flexibility index (Phi) is 4.99. The number of amides is 1. The standard InChI is InChI=1S/C23H20ClN3O2/c1-23(2,29-18-13-11-17(24)12-14-18)22(28)26-21-20(16-8-4-3-5-9-16)25-19-10-6-7-15-27(19)21/h3-15H,1-2H3,(H,26,28). The van der Waals surface area contributed by atoms with E-state index < -0.39 is 5.60 Å². The summed E-state index contributed by atoms with van der Waals surface area (Å²) in [7, 11) is 0. The van der Waals surface area contributed by atoms with Crippen LogP contribution in [-0.2, 0) is 4.79 Å². The van der Waals surface area contributed by atoms with Gasteiger partial charge in [0.1, 0.15) is 22.9 Å². The number of aromatic nitrogens is 2. The molecule has 0 aliphatic carbocycles. The van der Waals surface area contributed by atoms with E-state index in [1.807, 2.05) is 59.1 Å². The second-order valence-corrected chi connectivity index (χ2v) is 7.56. The van der Waals surface area contributed by atoms with Crippen molar-refractivity contribution in [3.8, 4) is 17.0 Å². The van der Waals surface area contributed by atoms with Gasteiger partial charge in [0.15, 0.2) is 5.60 Å². The maximum Gasteiger partial charge on any atom is 0.269 e. The van der Waals surface area contributed by atoms with Gasteiger partial charge in [-0.1, -0.05) is 48.0 Å². The zero-order valence-electron chi connectivity index (χ0n) is 16.1. The molecule has 2 aromatic carbocycles. The van der Waals surface area contributed by atoms with Crippen molar-refractivity contribution in [3.05, 3.63) is 84.0 Å². The van der Waals surface area contributed by atoms with E-state index in [2.05, 4.69) is 5.32 Å². The van der Waals surface area contributed by atoms with Crippen LogP contribution in [0.3, 0.4) is 0 Å². The van der Waals surface area contributed by atoms with Crippen LogP contribution in [0.1, 0.15) is 13.8 Å². The molecule has 0 fully saturated rings. The summed E-state index contributed by atoms with van der Waals surface area (Å²) < 4.78 is 7.78. The van der Waals surface area contributed by atoms with E-state index in [4.69, 9.17) is 21.3 Å². The van der Waals surface area contributed by atoms with Gasteiger partial charge in [0.05, 0.1) is 0 Å². The SMILES string of the molecule is CC(C)(Oc1ccc(Cl)cc1)C(=O)Nc1c(-c2ccccc2)nc2ccccn12. The highest BCUT2D eigenvalue weighted by molar-refractivity contribution is 6.30. The minimum Gasteiger partial charge on any atom is -0.478 e. The number of nitrogens with one attached hydrogen (secondary N) is 1. The van der Waals surface area contributed by atoms with Crippen LogP contribution in [0.2, 0.25) is 5.02 Å². The van der Waals surface area contributed by atoms with Crippen molar-refractivity contribution in [2.45, 2.75) is 19.4 Å². The molecular weight excluding hydrogens is 386 g/mol. The number of rotatable bonds is 5. The number of carbonyl (C=O) groups excluding carboxylic acids is 1. The number of halogens is 1. The quantitative estimate of drug-likeness (QED) is 0.480. The van der Waals surface area contributed by atoms with Crippen molar-refractivity contribution < 1.29 is 9.53 Å². The molecule has 0 unspecified atom stereocenters. The number of imidazole rings is 1. The summed E-state index contributed by atoms with van der Waals surface area (Å²) in [5, 5.41) is 3.62. The van der Waals surface area contributed by atoms with Crippen LogP contribution in [-0.4, -0.2) is 20.9 Å². The first-order valence-electron chi connectivity index (χ1n) is 9.22. The van der Waals surface area contributed by atoms with Crippen LogP contribution in [0.25, 0.3) is 16.9 Å². The zero-order valence-corrected chi connectivity index (χ0v) is 16.9. The molecule has 0 atom stereocenters. The average Bonchev–Trinajstić information content (AvgIpc) is 3.09. The molecule has 1 N–H and O–H groups in total. The van der Waals surface area contributed by atoms with Crippen LogP contribution in [0.4, 0.5) is 5.82 Å². The Balaban J connectivity index is 1.67. The Labute approximate surface area is 173 Å². The van der Waals surface area contributed by atoms with Crippen molar-refractivity contribution in [2.75, 3.05) is 5.32 Å². The molecule has 5 nitrogen and oxygen atoms in total. The number of anilines is 1. The van der Waals surface area contributed by atoms with E-state index in [0.717, 1.165) is 11.2 Å². The molecule has 0 radical (unpaired) electrons. The summed E-state index contributed by atoms with van der Waals surface area (Å²) in [6.45, 7) is 3.45. The van der Waals surface area contributed by atoms with Gasteiger partial charge in [0.25, 0.3) is 5.91 Å². The molecule has 4 aromatic rings. The van der Waals surface area contributed by atoms with Crippen molar-refractivity contribution in [3.63, 3.8) is 0 Å². The Hall–Kier alpha value is -3.31. The van der Waals surface area contributed by atoms with Gasteiger partial charge >= 0.3 is 0 Å². The van der Waals surface area contributed by atoms with Crippen LogP contribution in [0.5, 0.6) is 5.75 Å². The molecule has 0 spiro atoms. The van der Waals surface area contributed by atoms with Gasteiger partial charge in [-0.15, -0.1) is 0 Å². The van der Waals surface area contributed by atoms with Crippen LogP contribution < -0.4 is 10.1 Å². The molecule has 2 heterocycles. The molecule has 0 saturated heterocycles. The first-order valence-corrected chi connectivity index (χ1v) is 9.60. The molecular formula is C23H20ClN3O2. The van der Waals surface area contributed by atoms with Gasteiger partial charge in [-0.2, -0.15) is 0 Å². The topological polar surface area (TPSA) is 55.6 Å². The van der Waals surface area contributed by atoms with E-state index in [-0.39, 0.29) is 5.91 Å². The highest BCUT2D eigenvalue weighted by Crippen LogP contribution is 2.30. The smallest absolute Gasteiger partial charge is 0.269 e. The maximum atomic E-state index is 13.1. The second kappa shape index (κ2) is 7.60. The third-order valence-corrected chi connectivity index (χ3v) is 4.79. The molecule has 2 aromatic heterocycles. The Bertz CT molecular complexity index is 1150. The van der Waals surface area contributed by atoms with Crippen molar-refractivity contribution in [1.82, 2.24) is 9.38 Å². The first kappa shape index (κ1) is 19.0. The highest BCUT2D eigenvalue weighted by atomic mass is 35.5. The van der Waals surface area contributed by atoms with Gasteiger partial charge in [-0.05, 0) is 50.2 Å². The van der Waals surface area contributed by atoms with E-state index in [0.29, 0.717) is 22.3 Å². The van der Waals surface area contributed by atoms with E-state index in [9.17, 15) is 4.79 Å². The summed E-state index contributed by atoms with van der Waals surface area (Å²) in [5.41, 5.74) is 1.26. The minimum absolute atomic E-state index is 0.282. The summed E-state index contributed by atoms with van der Waals surface area (Å²) in [6.07, 6.45) is 1.87. The number of ether oxygens (including phenoxy) is 1. The molecule has 146 valence electrons. The summed E-state index contributed by atoms with van der Waals surface area (Å²) in [5.74, 6) is 0.885. The molecule has 1 amide bonds. The average molecular weight is 406 g/mol. The van der Waals surface area contributed by atoms with Gasteiger partial charge < -0.3 is 10.1 Å². The number of fused-ring (bicyclic) bond motifs is 1. The van der Waals surface area contributed by atoms with Crippen LogP contribution in [0.15, 0.2) is 79.0 Å². The fourth-order valence-electron chi connectivity index (χ4n) is 3.01. The fourth-order valence-corrected chi connectivity index (χ4v) is 3.14. The second-order valence-electron chi connectivity index (χ2n) is 7.12. The maximum absolute atomic E-state index is 13.1. The number of benzene rings is 2. The summed E-state index contributed by atoms with van der Waals surface area (Å²) in [6, 6.07) is 22.4. The predicted molar refractivity (Wildman–Crippen MR) is 115 cm³/mol. The minimum atomic E-state index is -1.11. The molecule has 0 aliphatic rings. The highest BCUT2D eigenvalue weighted by Gasteiger charge is 2.31. The summed E-state index contributed by atoms with van der Waals surface area (Å²) in [4.78, 5) is 17.8. The van der Waals surface area contributed by atoms with Gasteiger partial charge in [0.2, 0.25) is 0 Å². The number of carbonyl (C=O) groups is 1. The van der Waals surface area contributed by atoms with E-state index in [1.54, 1.807) is 38.1 Å². The lowest BCUT2D eigenvalue weighted by Crippen LogP contribution is -2.42. The Morgan fingerprint density at radius 3 is 2.41 bits per heavy atom. The van der Waals surface area contributed by atoms with Gasteiger partial charge in [-0.25, -0.2) is 4.98 Å². The molecule has 0 saturated carbocycles.